The van der Waals surface area contributed by atoms with E-state index in [2.05, 4.69) is 0 Å². The lowest BCUT2D eigenvalue weighted by atomic mass is 9.94. The number of hydrogen-bond donors (Lipinski definition) is 2. The molecule has 1 saturated heterocycles. The summed E-state index contributed by atoms with van der Waals surface area (Å²) in [5.41, 5.74) is 1.54. The van der Waals surface area contributed by atoms with Gasteiger partial charge >= 0.3 is 0 Å². The standard InChI is InChI=1S/C19H22O4/c20-13-7-12-17-14-22-19(23-17,16-10-5-2-6-11-16)18(21)15-8-3-1-4-9-15/h1-6,8-11,17-18,20-21H,7,12-14H2. The normalized spacial score (nSPS) is 25.4. The Morgan fingerprint density at radius 3 is 2.35 bits per heavy atom. The Bertz CT molecular complexity index is 601. The van der Waals surface area contributed by atoms with Crippen LogP contribution in [-0.2, 0) is 15.3 Å². The van der Waals surface area contributed by atoms with Crippen molar-refractivity contribution in [1.82, 2.24) is 0 Å². The van der Waals surface area contributed by atoms with Gasteiger partial charge in [0.2, 0.25) is 5.79 Å². The first-order valence-electron chi connectivity index (χ1n) is 7.97. The van der Waals surface area contributed by atoms with Gasteiger partial charge in [-0.05, 0) is 18.4 Å². The highest BCUT2D eigenvalue weighted by Crippen LogP contribution is 2.45. The molecule has 0 bridgehead atoms. The molecule has 4 nitrogen and oxygen atoms in total. The van der Waals surface area contributed by atoms with Crippen molar-refractivity contribution in [2.45, 2.75) is 30.8 Å². The lowest BCUT2D eigenvalue weighted by molar-refractivity contribution is -0.241. The molecule has 1 aliphatic rings. The van der Waals surface area contributed by atoms with Crippen molar-refractivity contribution in [3.63, 3.8) is 0 Å². The maximum Gasteiger partial charge on any atom is 0.226 e. The summed E-state index contributed by atoms with van der Waals surface area (Å²) >= 11 is 0. The van der Waals surface area contributed by atoms with Gasteiger partial charge in [-0.1, -0.05) is 60.7 Å². The van der Waals surface area contributed by atoms with Crippen LogP contribution in [0.5, 0.6) is 0 Å². The average molecular weight is 314 g/mol. The van der Waals surface area contributed by atoms with Gasteiger partial charge in [0.15, 0.2) is 0 Å². The Balaban J connectivity index is 1.92. The number of rotatable bonds is 6. The molecular weight excluding hydrogens is 292 g/mol. The molecule has 1 aliphatic heterocycles. The molecule has 2 N–H and O–H groups in total. The second-order valence-corrected chi connectivity index (χ2v) is 5.76. The largest absolute Gasteiger partial charge is 0.396 e. The van der Waals surface area contributed by atoms with E-state index >= 15 is 0 Å². The third kappa shape index (κ3) is 3.31. The van der Waals surface area contributed by atoms with Gasteiger partial charge in [-0.3, -0.25) is 0 Å². The maximum atomic E-state index is 11.0. The first-order valence-corrected chi connectivity index (χ1v) is 7.97. The minimum Gasteiger partial charge on any atom is -0.396 e. The molecule has 23 heavy (non-hydrogen) atoms. The molecule has 2 aromatic rings. The van der Waals surface area contributed by atoms with Crippen molar-refractivity contribution in [3.05, 3.63) is 71.8 Å². The fourth-order valence-corrected chi connectivity index (χ4v) is 2.97. The molecule has 0 saturated carbocycles. The zero-order chi connectivity index (χ0) is 16.1. The van der Waals surface area contributed by atoms with Gasteiger partial charge in [0, 0.05) is 12.2 Å². The molecule has 0 amide bonds. The predicted molar refractivity (Wildman–Crippen MR) is 86.7 cm³/mol. The van der Waals surface area contributed by atoms with Gasteiger partial charge in [-0.2, -0.15) is 0 Å². The summed E-state index contributed by atoms with van der Waals surface area (Å²) in [7, 11) is 0. The Kier molecular flexibility index (Phi) is 5.08. The first-order chi connectivity index (χ1) is 11.3. The summed E-state index contributed by atoms with van der Waals surface area (Å²) in [4.78, 5) is 0. The van der Waals surface area contributed by atoms with Gasteiger partial charge in [-0.15, -0.1) is 0 Å². The second-order valence-electron chi connectivity index (χ2n) is 5.76. The van der Waals surface area contributed by atoms with Gasteiger partial charge in [-0.25, -0.2) is 0 Å². The Morgan fingerprint density at radius 1 is 1.04 bits per heavy atom. The minimum absolute atomic E-state index is 0.124. The molecule has 1 fully saturated rings. The third-order valence-corrected chi connectivity index (χ3v) is 4.16. The Hall–Kier alpha value is -1.72. The van der Waals surface area contributed by atoms with E-state index in [4.69, 9.17) is 14.6 Å². The SMILES string of the molecule is OCCCC1COC(c2ccccc2)(C(O)c2ccccc2)O1. The first kappa shape index (κ1) is 16.1. The third-order valence-electron chi connectivity index (χ3n) is 4.16. The van der Waals surface area contributed by atoms with Gasteiger partial charge < -0.3 is 19.7 Å². The van der Waals surface area contributed by atoms with Gasteiger partial charge in [0.1, 0.15) is 6.10 Å². The molecule has 0 radical (unpaired) electrons. The number of aliphatic hydroxyl groups is 2. The molecular formula is C19H22O4. The monoisotopic (exact) mass is 314 g/mol. The number of aliphatic hydroxyl groups excluding tert-OH is 2. The fourth-order valence-electron chi connectivity index (χ4n) is 2.97. The van der Waals surface area contributed by atoms with E-state index in [0.717, 1.165) is 11.1 Å². The summed E-state index contributed by atoms with van der Waals surface area (Å²) in [6, 6.07) is 18.9. The summed E-state index contributed by atoms with van der Waals surface area (Å²) < 4.78 is 12.2. The molecule has 2 aromatic carbocycles. The van der Waals surface area contributed by atoms with Crippen LogP contribution in [0.3, 0.4) is 0 Å². The van der Waals surface area contributed by atoms with E-state index in [1.54, 1.807) is 0 Å². The summed E-state index contributed by atoms with van der Waals surface area (Å²) in [5, 5.41) is 20.0. The molecule has 1 heterocycles. The maximum absolute atomic E-state index is 11.0. The van der Waals surface area contributed by atoms with Crippen LogP contribution >= 0.6 is 0 Å². The molecule has 3 atom stereocenters. The fraction of sp³-hybridized carbons (Fsp3) is 0.368. The zero-order valence-electron chi connectivity index (χ0n) is 13.0. The van der Waals surface area contributed by atoms with Crippen LogP contribution in [0.1, 0.15) is 30.1 Å². The number of hydrogen-bond acceptors (Lipinski definition) is 4. The predicted octanol–water partition coefficient (Wildman–Crippen LogP) is 2.76. The highest BCUT2D eigenvalue weighted by atomic mass is 16.8. The van der Waals surface area contributed by atoms with Crippen LogP contribution in [0.15, 0.2) is 60.7 Å². The summed E-state index contributed by atoms with van der Waals surface area (Å²) in [5.74, 6) is -1.21. The van der Waals surface area contributed by atoms with Crippen molar-refractivity contribution in [3.8, 4) is 0 Å². The van der Waals surface area contributed by atoms with Gasteiger partial charge in [0.05, 0.1) is 12.7 Å². The highest BCUT2D eigenvalue weighted by Gasteiger charge is 2.49. The summed E-state index contributed by atoms with van der Waals surface area (Å²) in [6.07, 6.45) is 0.290. The minimum atomic E-state index is -1.21. The van der Waals surface area contributed by atoms with E-state index in [9.17, 15) is 5.11 Å². The molecule has 122 valence electrons. The molecule has 3 unspecified atom stereocenters. The van der Waals surface area contributed by atoms with Crippen LogP contribution in [0, 0.1) is 0 Å². The van der Waals surface area contributed by atoms with E-state index in [-0.39, 0.29) is 12.7 Å². The molecule has 0 spiro atoms. The molecule has 0 aromatic heterocycles. The van der Waals surface area contributed by atoms with Crippen LogP contribution in [0.2, 0.25) is 0 Å². The zero-order valence-corrected chi connectivity index (χ0v) is 13.0. The van der Waals surface area contributed by atoms with Crippen LogP contribution < -0.4 is 0 Å². The molecule has 0 aliphatic carbocycles. The van der Waals surface area contributed by atoms with Gasteiger partial charge in [0.25, 0.3) is 0 Å². The smallest absolute Gasteiger partial charge is 0.226 e. The van der Waals surface area contributed by atoms with Crippen molar-refractivity contribution >= 4 is 0 Å². The topological polar surface area (TPSA) is 58.9 Å². The number of benzene rings is 2. The lowest BCUT2D eigenvalue weighted by Gasteiger charge is -2.33. The van der Waals surface area contributed by atoms with Crippen LogP contribution in [0.25, 0.3) is 0 Å². The average Bonchev–Trinajstić information content (AvgIpc) is 3.06. The van der Waals surface area contributed by atoms with E-state index in [1.165, 1.54) is 0 Å². The van der Waals surface area contributed by atoms with Crippen molar-refractivity contribution < 1.29 is 19.7 Å². The van der Waals surface area contributed by atoms with E-state index in [1.807, 2.05) is 60.7 Å². The van der Waals surface area contributed by atoms with Crippen molar-refractivity contribution in [2.75, 3.05) is 13.2 Å². The lowest BCUT2D eigenvalue weighted by Crippen LogP contribution is -2.35. The molecule has 4 heteroatoms. The second kappa shape index (κ2) is 7.23. The summed E-state index contributed by atoms with van der Waals surface area (Å²) in [6.45, 7) is 0.526. The highest BCUT2D eigenvalue weighted by molar-refractivity contribution is 5.28. The van der Waals surface area contributed by atoms with Crippen molar-refractivity contribution in [2.24, 2.45) is 0 Å². The van der Waals surface area contributed by atoms with Crippen molar-refractivity contribution in [1.29, 1.82) is 0 Å². The van der Waals surface area contributed by atoms with Crippen LogP contribution in [-0.4, -0.2) is 29.5 Å². The Morgan fingerprint density at radius 2 is 1.70 bits per heavy atom. The molecule has 3 rings (SSSR count). The van der Waals surface area contributed by atoms with E-state index < -0.39 is 11.9 Å². The number of ether oxygens (including phenoxy) is 2. The Labute approximate surface area is 136 Å². The van der Waals surface area contributed by atoms with Crippen LogP contribution in [0.4, 0.5) is 0 Å². The van der Waals surface area contributed by atoms with E-state index in [0.29, 0.717) is 19.4 Å². The quantitative estimate of drug-likeness (QED) is 0.861.